The SMILES string of the molecule is C1=CNSC=C1.c1cncnc1. The van der Waals surface area contributed by atoms with Gasteiger partial charge in [0, 0.05) is 18.6 Å². The van der Waals surface area contributed by atoms with Crippen LogP contribution >= 0.6 is 11.9 Å². The summed E-state index contributed by atoms with van der Waals surface area (Å²) in [6.07, 6.45) is 10.7. The standard InChI is InChI=1S/C4H4N2.C4H5NS/c1-2-5-4-6-3-1;1-2-4-6-5-3-1/h1-4H;1-5H. The average molecular weight is 179 g/mol. The van der Waals surface area contributed by atoms with Crippen LogP contribution in [0.3, 0.4) is 0 Å². The van der Waals surface area contributed by atoms with Crippen molar-refractivity contribution in [1.82, 2.24) is 14.7 Å². The van der Waals surface area contributed by atoms with Gasteiger partial charge in [-0.25, -0.2) is 9.97 Å². The third kappa shape index (κ3) is 4.51. The molecule has 1 N–H and O–H groups in total. The van der Waals surface area contributed by atoms with Gasteiger partial charge in [0.25, 0.3) is 0 Å². The van der Waals surface area contributed by atoms with Crippen LogP contribution in [0.1, 0.15) is 0 Å². The van der Waals surface area contributed by atoms with Crippen LogP contribution in [0.2, 0.25) is 0 Å². The van der Waals surface area contributed by atoms with Crippen LogP contribution in [0.5, 0.6) is 0 Å². The monoisotopic (exact) mass is 179 g/mol. The lowest BCUT2D eigenvalue weighted by molar-refractivity contribution is 1.17. The Morgan fingerprint density at radius 2 is 1.92 bits per heavy atom. The van der Waals surface area contributed by atoms with E-state index in [-0.39, 0.29) is 0 Å². The summed E-state index contributed by atoms with van der Waals surface area (Å²) in [6, 6.07) is 1.78. The highest BCUT2D eigenvalue weighted by atomic mass is 32.2. The first-order valence-corrected chi connectivity index (χ1v) is 4.31. The molecule has 1 aliphatic rings. The van der Waals surface area contributed by atoms with Crippen LogP contribution in [0.25, 0.3) is 0 Å². The van der Waals surface area contributed by atoms with Crippen molar-refractivity contribution in [2.75, 3.05) is 0 Å². The maximum absolute atomic E-state index is 3.67. The highest BCUT2D eigenvalue weighted by molar-refractivity contribution is 8.00. The van der Waals surface area contributed by atoms with Gasteiger partial charge in [-0.2, -0.15) is 0 Å². The van der Waals surface area contributed by atoms with Gasteiger partial charge >= 0.3 is 0 Å². The number of hydrogen-bond acceptors (Lipinski definition) is 4. The zero-order chi connectivity index (χ0) is 8.49. The molecule has 0 atom stereocenters. The number of allylic oxidation sites excluding steroid dienone is 2. The van der Waals surface area contributed by atoms with E-state index >= 15 is 0 Å². The number of rotatable bonds is 0. The second kappa shape index (κ2) is 6.42. The molecule has 0 spiro atoms. The highest BCUT2D eigenvalue weighted by Crippen LogP contribution is 1.98. The van der Waals surface area contributed by atoms with Crippen LogP contribution in [0.4, 0.5) is 0 Å². The molecule has 62 valence electrons. The maximum Gasteiger partial charge on any atom is 0.115 e. The molecule has 2 rings (SSSR count). The van der Waals surface area contributed by atoms with Gasteiger partial charge in [-0.1, -0.05) is 6.08 Å². The molecule has 0 saturated carbocycles. The molecule has 0 unspecified atom stereocenters. The van der Waals surface area contributed by atoms with Crippen molar-refractivity contribution in [2.24, 2.45) is 0 Å². The Balaban J connectivity index is 0.000000120. The summed E-state index contributed by atoms with van der Waals surface area (Å²) in [5.74, 6) is 0. The van der Waals surface area contributed by atoms with Crippen LogP contribution in [-0.4, -0.2) is 9.97 Å². The van der Waals surface area contributed by atoms with Gasteiger partial charge in [0.15, 0.2) is 0 Å². The van der Waals surface area contributed by atoms with E-state index in [0.717, 1.165) is 0 Å². The Hall–Kier alpha value is -1.29. The lowest BCUT2D eigenvalue weighted by atomic mass is 10.6. The summed E-state index contributed by atoms with van der Waals surface area (Å²) < 4.78 is 2.93. The predicted molar refractivity (Wildman–Crippen MR) is 51.0 cm³/mol. The number of nitrogens with zero attached hydrogens (tertiary/aromatic N) is 2. The summed E-state index contributed by atoms with van der Waals surface area (Å²) in [6.45, 7) is 0. The second-order valence-electron chi connectivity index (χ2n) is 1.83. The minimum Gasteiger partial charge on any atom is -0.333 e. The normalized spacial score (nSPS) is 12.7. The van der Waals surface area contributed by atoms with E-state index in [1.165, 1.54) is 6.33 Å². The lowest BCUT2D eigenvalue weighted by Gasteiger charge is -1.93. The van der Waals surface area contributed by atoms with Gasteiger partial charge in [-0.05, 0) is 29.5 Å². The molecular weight excluding hydrogens is 170 g/mol. The van der Waals surface area contributed by atoms with Crippen molar-refractivity contribution in [2.45, 2.75) is 0 Å². The summed E-state index contributed by atoms with van der Waals surface area (Å²) in [4.78, 5) is 7.35. The number of hydrogen-bond donors (Lipinski definition) is 1. The molecule has 2 heterocycles. The third-order valence-corrected chi connectivity index (χ3v) is 1.53. The molecule has 0 radical (unpaired) electrons. The van der Waals surface area contributed by atoms with Gasteiger partial charge in [0.2, 0.25) is 0 Å². The van der Waals surface area contributed by atoms with Crippen LogP contribution in [-0.2, 0) is 0 Å². The lowest BCUT2D eigenvalue weighted by Crippen LogP contribution is -1.88. The second-order valence-corrected chi connectivity index (χ2v) is 2.57. The fourth-order valence-corrected chi connectivity index (χ4v) is 0.916. The van der Waals surface area contributed by atoms with Gasteiger partial charge in [0.1, 0.15) is 6.33 Å². The van der Waals surface area contributed by atoms with Crippen molar-refractivity contribution < 1.29 is 0 Å². The molecule has 1 aromatic rings. The van der Waals surface area contributed by atoms with Crippen LogP contribution in [0.15, 0.2) is 48.5 Å². The zero-order valence-corrected chi connectivity index (χ0v) is 7.24. The Morgan fingerprint density at radius 3 is 2.08 bits per heavy atom. The smallest absolute Gasteiger partial charge is 0.115 e. The van der Waals surface area contributed by atoms with Crippen molar-refractivity contribution >= 4 is 11.9 Å². The Labute approximate surface area is 75.8 Å². The van der Waals surface area contributed by atoms with E-state index < -0.39 is 0 Å². The number of nitrogens with one attached hydrogen (secondary N) is 1. The van der Waals surface area contributed by atoms with E-state index in [1.807, 2.05) is 23.8 Å². The minimum absolute atomic E-state index is 1.50. The molecule has 0 amide bonds. The Bertz CT molecular complexity index is 207. The van der Waals surface area contributed by atoms with Crippen LogP contribution < -0.4 is 4.72 Å². The van der Waals surface area contributed by atoms with Crippen LogP contribution in [0, 0.1) is 0 Å². The topological polar surface area (TPSA) is 37.8 Å². The van der Waals surface area contributed by atoms with Gasteiger partial charge in [-0.15, -0.1) is 0 Å². The fraction of sp³-hybridized carbons (Fsp3) is 0. The first kappa shape index (κ1) is 8.80. The maximum atomic E-state index is 3.67. The van der Waals surface area contributed by atoms with E-state index in [2.05, 4.69) is 14.7 Å². The molecule has 3 nitrogen and oxygen atoms in total. The summed E-state index contributed by atoms with van der Waals surface area (Å²) in [7, 11) is 0. The largest absolute Gasteiger partial charge is 0.333 e. The molecule has 12 heavy (non-hydrogen) atoms. The summed E-state index contributed by atoms with van der Waals surface area (Å²) in [5, 5.41) is 1.99. The van der Waals surface area contributed by atoms with Crippen molar-refractivity contribution in [3.05, 3.63) is 48.5 Å². The minimum atomic E-state index is 1.50. The third-order valence-electron chi connectivity index (χ3n) is 0.968. The van der Waals surface area contributed by atoms with Gasteiger partial charge < -0.3 is 4.72 Å². The Morgan fingerprint density at radius 1 is 1.08 bits per heavy atom. The molecule has 0 bridgehead atoms. The van der Waals surface area contributed by atoms with E-state index in [0.29, 0.717) is 0 Å². The van der Waals surface area contributed by atoms with Gasteiger partial charge in [-0.3, -0.25) is 0 Å². The molecule has 4 heteroatoms. The fourth-order valence-electron chi connectivity index (χ4n) is 0.511. The highest BCUT2D eigenvalue weighted by Gasteiger charge is 1.74. The average Bonchev–Trinajstić information content (AvgIpc) is 2.24. The van der Waals surface area contributed by atoms with Crippen molar-refractivity contribution in [3.8, 4) is 0 Å². The molecular formula is C8H9N3S. The quantitative estimate of drug-likeness (QED) is 0.616. The van der Waals surface area contributed by atoms with Gasteiger partial charge in [0.05, 0.1) is 0 Å². The molecule has 0 saturated heterocycles. The molecule has 1 aromatic heterocycles. The van der Waals surface area contributed by atoms with E-state index in [9.17, 15) is 0 Å². The first-order valence-electron chi connectivity index (χ1n) is 3.43. The van der Waals surface area contributed by atoms with E-state index in [1.54, 1.807) is 30.4 Å². The molecule has 0 fully saturated rings. The zero-order valence-electron chi connectivity index (χ0n) is 6.42. The summed E-state index contributed by atoms with van der Waals surface area (Å²) >= 11 is 1.58. The number of aromatic nitrogens is 2. The molecule has 0 aliphatic carbocycles. The first-order chi connectivity index (χ1) is 6.00. The Kier molecular flexibility index (Phi) is 4.71. The molecule has 1 aliphatic heterocycles. The van der Waals surface area contributed by atoms with Crippen molar-refractivity contribution in [1.29, 1.82) is 0 Å². The molecule has 0 aromatic carbocycles. The predicted octanol–water partition coefficient (Wildman–Crippen LogP) is 1.74. The van der Waals surface area contributed by atoms with E-state index in [4.69, 9.17) is 0 Å². The summed E-state index contributed by atoms with van der Waals surface area (Å²) in [5.41, 5.74) is 0. The van der Waals surface area contributed by atoms with Crippen molar-refractivity contribution in [3.63, 3.8) is 0 Å².